The summed E-state index contributed by atoms with van der Waals surface area (Å²) < 4.78 is 5.56. The fourth-order valence-corrected chi connectivity index (χ4v) is 1.89. The Morgan fingerprint density at radius 3 is 2.39 bits per heavy atom. The van der Waals surface area contributed by atoms with Crippen molar-refractivity contribution in [3.05, 3.63) is 57.0 Å². The van der Waals surface area contributed by atoms with Gasteiger partial charge >= 0.3 is 0 Å². The van der Waals surface area contributed by atoms with E-state index in [1.165, 1.54) is 0 Å². The predicted octanol–water partition coefficient (Wildman–Crippen LogP) is 5.25. The molecule has 0 saturated carbocycles. The summed E-state index contributed by atoms with van der Waals surface area (Å²) in [7, 11) is 0. The fraction of sp³-hybridized carbons (Fsp3) is 0. The summed E-state index contributed by atoms with van der Waals surface area (Å²) in [6, 6.07) is 9.81. The van der Waals surface area contributed by atoms with E-state index < -0.39 is 0 Å². The summed E-state index contributed by atoms with van der Waals surface area (Å²) in [5.41, 5.74) is 0.297. The monoisotopic (exact) mass is 300 g/mol. The minimum atomic E-state index is 0.297. The van der Waals surface area contributed by atoms with E-state index in [9.17, 15) is 4.79 Å². The Morgan fingerprint density at radius 1 is 0.944 bits per heavy atom. The third-order valence-corrected chi connectivity index (χ3v) is 3.32. The first kappa shape index (κ1) is 13.2. The quantitative estimate of drug-likeness (QED) is 0.724. The summed E-state index contributed by atoms with van der Waals surface area (Å²) in [6.45, 7) is 0. The van der Waals surface area contributed by atoms with E-state index in [-0.39, 0.29) is 0 Å². The maximum absolute atomic E-state index is 10.9. The van der Waals surface area contributed by atoms with Crippen LogP contribution in [0.3, 0.4) is 0 Å². The molecule has 0 saturated heterocycles. The van der Waals surface area contributed by atoms with Crippen molar-refractivity contribution in [1.82, 2.24) is 0 Å². The number of benzene rings is 2. The lowest BCUT2D eigenvalue weighted by Crippen LogP contribution is -1.91. The van der Waals surface area contributed by atoms with Gasteiger partial charge in [-0.25, -0.2) is 0 Å². The van der Waals surface area contributed by atoms with E-state index in [1.54, 1.807) is 36.4 Å². The lowest BCUT2D eigenvalue weighted by atomic mass is 10.2. The molecule has 0 unspecified atom stereocenters. The van der Waals surface area contributed by atoms with Crippen molar-refractivity contribution in [2.45, 2.75) is 0 Å². The first-order valence-corrected chi connectivity index (χ1v) is 6.12. The molecule has 2 nitrogen and oxygen atoms in total. The second-order valence-electron chi connectivity index (χ2n) is 3.45. The van der Waals surface area contributed by atoms with Gasteiger partial charge in [0.15, 0.2) is 6.29 Å². The molecule has 0 radical (unpaired) electrons. The van der Waals surface area contributed by atoms with E-state index in [2.05, 4.69) is 0 Å². The molecule has 2 rings (SSSR count). The molecule has 0 aromatic heterocycles. The Labute approximate surface area is 119 Å². The van der Waals surface area contributed by atoms with Gasteiger partial charge < -0.3 is 4.74 Å². The molecule has 0 atom stereocenters. The number of ether oxygens (including phenoxy) is 1. The first-order chi connectivity index (χ1) is 8.61. The van der Waals surface area contributed by atoms with Crippen LogP contribution in [0.15, 0.2) is 36.4 Å². The number of hydrogen-bond acceptors (Lipinski definition) is 2. The van der Waals surface area contributed by atoms with Crippen molar-refractivity contribution >= 4 is 41.1 Å². The molecule has 2 aromatic carbocycles. The van der Waals surface area contributed by atoms with Gasteiger partial charge in [0.25, 0.3) is 0 Å². The maximum Gasteiger partial charge on any atom is 0.155 e. The zero-order valence-electron chi connectivity index (χ0n) is 8.99. The predicted molar refractivity (Wildman–Crippen MR) is 73.4 cm³/mol. The highest BCUT2D eigenvalue weighted by Gasteiger charge is 2.09. The van der Waals surface area contributed by atoms with Crippen LogP contribution >= 0.6 is 34.8 Å². The van der Waals surface area contributed by atoms with Gasteiger partial charge in [-0.3, -0.25) is 4.79 Å². The number of aldehydes is 1. The van der Waals surface area contributed by atoms with E-state index in [0.717, 1.165) is 0 Å². The van der Waals surface area contributed by atoms with Crippen LogP contribution in [0.1, 0.15) is 10.4 Å². The lowest BCUT2D eigenvalue weighted by molar-refractivity contribution is 0.112. The second kappa shape index (κ2) is 5.61. The van der Waals surface area contributed by atoms with Crippen LogP contribution in [0.25, 0.3) is 0 Å². The largest absolute Gasteiger partial charge is 0.457 e. The first-order valence-electron chi connectivity index (χ1n) is 4.98. The molecular formula is C13H7Cl3O2. The molecule has 5 heteroatoms. The van der Waals surface area contributed by atoms with E-state index in [0.29, 0.717) is 38.4 Å². The second-order valence-corrected chi connectivity index (χ2v) is 4.67. The standard InChI is InChI=1S/C13H7Cl3O2/c14-10-2-1-3-13(9(10)7-17)18-8-4-5-11(15)12(16)6-8/h1-7H. The molecular weight excluding hydrogens is 294 g/mol. The molecule has 0 bridgehead atoms. The average Bonchev–Trinajstić information content (AvgIpc) is 2.34. The maximum atomic E-state index is 10.9. The van der Waals surface area contributed by atoms with E-state index in [4.69, 9.17) is 39.5 Å². The fourth-order valence-electron chi connectivity index (χ4n) is 1.39. The third-order valence-electron chi connectivity index (χ3n) is 2.25. The van der Waals surface area contributed by atoms with Crippen molar-refractivity contribution in [1.29, 1.82) is 0 Å². The molecule has 0 aliphatic heterocycles. The molecule has 92 valence electrons. The Morgan fingerprint density at radius 2 is 1.72 bits per heavy atom. The minimum Gasteiger partial charge on any atom is -0.457 e. The van der Waals surface area contributed by atoms with Crippen LogP contribution in [0.2, 0.25) is 15.1 Å². The van der Waals surface area contributed by atoms with Crippen molar-refractivity contribution in [2.75, 3.05) is 0 Å². The summed E-state index contributed by atoms with van der Waals surface area (Å²) in [4.78, 5) is 10.9. The highest BCUT2D eigenvalue weighted by Crippen LogP contribution is 2.32. The minimum absolute atomic E-state index is 0.297. The molecule has 0 heterocycles. The van der Waals surface area contributed by atoms with Gasteiger partial charge in [-0.1, -0.05) is 40.9 Å². The Balaban J connectivity index is 2.36. The molecule has 0 aliphatic rings. The van der Waals surface area contributed by atoms with Gasteiger partial charge in [0, 0.05) is 6.07 Å². The van der Waals surface area contributed by atoms with Crippen molar-refractivity contribution < 1.29 is 9.53 Å². The molecule has 2 aromatic rings. The van der Waals surface area contributed by atoms with Crippen LogP contribution in [-0.2, 0) is 0 Å². The summed E-state index contributed by atoms with van der Waals surface area (Å²) in [5, 5.41) is 1.15. The summed E-state index contributed by atoms with van der Waals surface area (Å²) in [5.74, 6) is 0.852. The summed E-state index contributed by atoms with van der Waals surface area (Å²) in [6.07, 6.45) is 0.648. The Bertz CT molecular complexity index is 597. The van der Waals surface area contributed by atoms with Gasteiger partial charge in [0.2, 0.25) is 0 Å². The number of carbonyl (C=O) groups is 1. The van der Waals surface area contributed by atoms with Gasteiger partial charge in [-0.05, 0) is 24.3 Å². The van der Waals surface area contributed by atoms with Crippen LogP contribution in [-0.4, -0.2) is 6.29 Å². The SMILES string of the molecule is O=Cc1c(Cl)cccc1Oc1ccc(Cl)c(Cl)c1. The molecule has 0 N–H and O–H groups in total. The average molecular weight is 302 g/mol. The number of halogens is 3. The van der Waals surface area contributed by atoms with Crippen molar-refractivity contribution in [2.24, 2.45) is 0 Å². The van der Waals surface area contributed by atoms with Gasteiger partial charge in [-0.15, -0.1) is 0 Å². The van der Waals surface area contributed by atoms with Crippen molar-refractivity contribution in [3.8, 4) is 11.5 Å². The molecule has 0 amide bonds. The van der Waals surface area contributed by atoms with Crippen molar-refractivity contribution in [3.63, 3.8) is 0 Å². The van der Waals surface area contributed by atoms with Gasteiger partial charge in [0.05, 0.1) is 20.6 Å². The number of rotatable bonds is 3. The lowest BCUT2D eigenvalue weighted by Gasteiger charge is -2.09. The van der Waals surface area contributed by atoms with Crippen LogP contribution in [0, 0.1) is 0 Å². The number of carbonyl (C=O) groups excluding carboxylic acids is 1. The van der Waals surface area contributed by atoms with E-state index in [1.807, 2.05) is 0 Å². The summed E-state index contributed by atoms with van der Waals surface area (Å²) >= 11 is 17.6. The van der Waals surface area contributed by atoms with Crippen LogP contribution in [0.5, 0.6) is 11.5 Å². The molecule has 0 fully saturated rings. The van der Waals surface area contributed by atoms with Gasteiger partial charge in [-0.2, -0.15) is 0 Å². The Hall–Kier alpha value is -1.22. The topological polar surface area (TPSA) is 26.3 Å². The van der Waals surface area contributed by atoms with E-state index >= 15 is 0 Å². The van der Waals surface area contributed by atoms with Gasteiger partial charge in [0.1, 0.15) is 11.5 Å². The third kappa shape index (κ3) is 2.78. The zero-order chi connectivity index (χ0) is 13.1. The molecule has 18 heavy (non-hydrogen) atoms. The highest BCUT2D eigenvalue weighted by molar-refractivity contribution is 6.42. The zero-order valence-corrected chi connectivity index (χ0v) is 11.3. The normalized spacial score (nSPS) is 10.2. The Kier molecular flexibility index (Phi) is 4.12. The van der Waals surface area contributed by atoms with Crippen LogP contribution in [0.4, 0.5) is 0 Å². The molecule has 0 spiro atoms. The van der Waals surface area contributed by atoms with Crippen LogP contribution < -0.4 is 4.74 Å². The highest BCUT2D eigenvalue weighted by atomic mass is 35.5. The number of hydrogen-bond donors (Lipinski definition) is 0. The molecule has 0 aliphatic carbocycles. The smallest absolute Gasteiger partial charge is 0.155 e.